The second-order valence-electron chi connectivity index (χ2n) is 4.23. The van der Waals surface area contributed by atoms with Gasteiger partial charge in [0.1, 0.15) is 5.75 Å². The monoisotopic (exact) mass is 278 g/mol. The lowest BCUT2D eigenvalue weighted by Gasteiger charge is -2.07. The van der Waals surface area contributed by atoms with Crippen LogP contribution in [0.2, 0.25) is 0 Å². The van der Waals surface area contributed by atoms with Crippen molar-refractivity contribution in [3.63, 3.8) is 0 Å². The van der Waals surface area contributed by atoms with Crippen LogP contribution in [0, 0.1) is 6.92 Å². The van der Waals surface area contributed by atoms with Crippen LogP contribution < -0.4 is 10.5 Å². The van der Waals surface area contributed by atoms with Crippen molar-refractivity contribution in [1.29, 1.82) is 0 Å². The molecule has 2 N–H and O–H groups in total. The number of nitrogens with two attached hydrogens (primary N) is 1. The molecule has 0 atom stereocenters. The minimum absolute atomic E-state index is 0.199. The zero-order valence-corrected chi connectivity index (χ0v) is 11.4. The van der Waals surface area contributed by atoms with E-state index in [2.05, 4.69) is 4.98 Å². The fourth-order valence-electron chi connectivity index (χ4n) is 1.46. The molecule has 0 saturated heterocycles. The summed E-state index contributed by atoms with van der Waals surface area (Å²) in [5, 5.41) is 0. The van der Waals surface area contributed by atoms with E-state index in [4.69, 9.17) is 10.5 Å². The van der Waals surface area contributed by atoms with Crippen molar-refractivity contribution >= 4 is 15.5 Å². The summed E-state index contributed by atoms with van der Waals surface area (Å²) in [5.41, 5.74) is 7.19. The Morgan fingerprint density at radius 1 is 1.26 bits per heavy atom. The second kappa shape index (κ2) is 4.89. The largest absolute Gasteiger partial charge is 0.439 e. The van der Waals surface area contributed by atoms with Gasteiger partial charge in [0.2, 0.25) is 5.88 Å². The van der Waals surface area contributed by atoms with E-state index in [9.17, 15) is 8.42 Å². The third kappa shape index (κ3) is 3.23. The summed E-state index contributed by atoms with van der Waals surface area (Å²) in [6.07, 6.45) is 2.75. The van der Waals surface area contributed by atoms with Crippen molar-refractivity contribution in [2.45, 2.75) is 11.8 Å². The molecule has 1 aromatic carbocycles. The molecule has 0 bridgehead atoms. The minimum Gasteiger partial charge on any atom is -0.439 e. The minimum atomic E-state index is -3.26. The van der Waals surface area contributed by atoms with Crippen molar-refractivity contribution in [1.82, 2.24) is 4.98 Å². The van der Waals surface area contributed by atoms with Crippen LogP contribution in [0.4, 0.5) is 5.69 Å². The van der Waals surface area contributed by atoms with Crippen molar-refractivity contribution in [3.05, 3.63) is 42.1 Å². The summed E-state index contributed by atoms with van der Waals surface area (Å²) in [4.78, 5) is 4.27. The topological polar surface area (TPSA) is 82.3 Å². The van der Waals surface area contributed by atoms with Gasteiger partial charge in [0, 0.05) is 24.2 Å². The lowest BCUT2D eigenvalue weighted by Crippen LogP contribution is -1.98. The Labute approximate surface area is 112 Å². The number of rotatable bonds is 3. The van der Waals surface area contributed by atoms with E-state index in [1.165, 1.54) is 12.1 Å². The highest BCUT2D eigenvalue weighted by atomic mass is 32.2. The number of nitrogen functional groups attached to an aromatic ring is 1. The van der Waals surface area contributed by atoms with Gasteiger partial charge in [-0.05, 0) is 30.7 Å². The predicted molar refractivity (Wildman–Crippen MR) is 73.0 cm³/mol. The van der Waals surface area contributed by atoms with E-state index in [-0.39, 0.29) is 4.90 Å². The third-order valence-corrected chi connectivity index (χ3v) is 3.69. The molecule has 0 saturated carbocycles. The van der Waals surface area contributed by atoms with Crippen molar-refractivity contribution in [3.8, 4) is 11.6 Å². The van der Waals surface area contributed by atoms with E-state index in [0.717, 1.165) is 11.8 Å². The number of benzene rings is 1. The van der Waals surface area contributed by atoms with Gasteiger partial charge in [0.15, 0.2) is 9.84 Å². The summed E-state index contributed by atoms with van der Waals surface area (Å²) in [6.45, 7) is 1.84. The second-order valence-corrected chi connectivity index (χ2v) is 6.24. The molecule has 0 aliphatic heterocycles. The van der Waals surface area contributed by atoms with Gasteiger partial charge in [0.05, 0.1) is 4.90 Å². The first-order valence-electron chi connectivity index (χ1n) is 5.56. The van der Waals surface area contributed by atoms with Crippen LogP contribution >= 0.6 is 0 Å². The van der Waals surface area contributed by atoms with E-state index in [1.807, 2.05) is 6.92 Å². The van der Waals surface area contributed by atoms with Crippen LogP contribution in [0.15, 0.2) is 41.4 Å². The van der Waals surface area contributed by atoms with Crippen molar-refractivity contribution < 1.29 is 13.2 Å². The van der Waals surface area contributed by atoms with E-state index in [1.54, 1.807) is 24.4 Å². The summed E-state index contributed by atoms with van der Waals surface area (Å²) in [7, 11) is -3.26. The predicted octanol–water partition coefficient (Wildman–Crippen LogP) is 2.17. The summed E-state index contributed by atoms with van der Waals surface area (Å²) in [5.74, 6) is 0.729. The molecule has 1 heterocycles. The third-order valence-electron chi connectivity index (χ3n) is 2.58. The standard InChI is InChI=1S/C13H14N2O3S/c1-9-8-15-13(7-12(9)14)18-10-4-3-5-11(6-10)19(2,16)17/h3-8H,1-2H3,(H2,14,15). The molecule has 6 heteroatoms. The van der Waals surface area contributed by atoms with Gasteiger partial charge in [-0.1, -0.05) is 6.07 Å². The Morgan fingerprint density at radius 3 is 2.63 bits per heavy atom. The van der Waals surface area contributed by atoms with E-state index in [0.29, 0.717) is 17.3 Å². The maximum absolute atomic E-state index is 11.4. The van der Waals surface area contributed by atoms with Crippen LogP contribution in [0.1, 0.15) is 5.56 Å². The molecule has 0 unspecified atom stereocenters. The van der Waals surface area contributed by atoms with Gasteiger partial charge >= 0.3 is 0 Å². The number of aryl methyl sites for hydroxylation is 1. The average Bonchev–Trinajstić information content (AvgIpc) is 2.33. The number of sulfone groups is 1. The Kier molecular flexibility index (Phi) is 3.44. The Hall–Kier alpha value is -2.08. The molecule has 0 radical (unpaired) electrons. The SMILES string of the molecule is Cc1cnc(Oc2cccc(S(C)(=O)=O)c2)cc1N. The number of hydrogen-bond acceptors (Lipinski definition) is 5. The quantitative estimate of drug-likeness (QED) is 0.930. The zero-order valence-electron chi connectivity index (χ0n) is 10.6. The number of pyridine rings is 1. The highest BCUT2D eigenvalue weighted by molar-refractivity contribution is 7.90. The normalized spacial score (nSPS) is 11.3. The first kappa shape index (κ1) is 13.4. The maximum atomic E-state index is 11.4. The average molecular weight is 278 g/mol. The Morgan fingerprint density at radius 2 is 2.00 bits per heavy atom. The molecule has 19 heavy (non-hydrogen) atoms. The molecular weight excluding hydrogens is 264 g/mol. The lowest BCUT2D eigenvalue weighted by molar-refractivity contribution is 0.461. The summed E-state index contributed by atoms with van der Waals surface area (Å²) in [6, 6.07) is 7.84. The molecule has 2 aromatic rings. The molecule has 1 aromatic heterocycles. The molecule has 0 aliphatic rings. The lowest BCUT2D eigenvalue weighted by atomic mass is 10.3. The first-order valence-corrected chi connectivity index (χ1v) is 7.45. The molecule has 0 amide bonds. The highest BCUT2D eigenvalue weighted by Crippen LogP contribution is 2.24. The summed E-state index contributed by atoms with van der Waals surface area (Å²) < 4.78 is 28.4. The number of nitrogens with zero attached hydrogens (tertiary/aromatic N) is 1. The maximum Gasteiger partial charge on any atom is 0.221 e. The molecule has 5 nitrogen and oxygen atoms in total. The van der Waals surface area contributed by atoms with Gasteiger partial charge in [-0.2, -0.15) is 0 Å². The molecule has 0 spiro atoms. The Bertz CT molecular complexity index is 712. The number of aromatic nitrogens is 1. The smallest absolute Gasteiger partial charge is 0.221 e. The number of anilines is 1. The van der Waals surface area contributed by atoms with Gasteiger partial charge in [0.25, 0.3) is 0 Å². The molecule has 100 valence electrons. The molecule has 0 fully saturated rings. The number of hydrogen-bond donors (Lipinski definition) is 1. The van der Waals surface area contributed by atoms with Crippen LogP contribution in [0.5, 0.6) is 11.6 Å². The van der Waals surface area contributed by atoms with Crippen LogP contribution in [0.25, 0.3) is 0 Å². The first-order chi connectivity index (χ1) is 8.86. The zero-order chi connectivity index (χ0) is 14.0. The van der Waals surface area contributed by atoms with Crippen LogP contribution in [-0.2, 0) is 9.84 Å². The van der Waals surface area contributed by atoms with Gasteiger partial charge in [-0.15, -0.1) is 0 Å². The Balaban J connectivity index is 2.31. The van der Waals surface area contributed by atoms with Crippen LogP contribution in [-0.4, -0.2) is 19.7 Å². The number of ether oxygens (including phenoxy) is 1. The fourth-order valence-corrected chi connectivity index (χ4v) is 2.12. The highest BCUT2D eigenvalue weighted by Gasteiger charge is 2.09. The van der Waals surface area contributed by atoms with Crippen molar-refractivity contribution in [2.75, 3.05) is 12.0 Å². The van der Waals surface area contributed by atoms with E-state index < -0.39 is 9.84 Å². The molecule has 2 rings (SSSR count). The fraction of sp³-hybridized carbons (Fsp3) is 0.154. The van der Waals surface area contributed by atoms with Crippen LogP contribution in [0.3, 0.4) is 0 Å². The van der Waals surface area contributed by atoms with E-state index >= 15 is 0 Å². The molecular formula is C13H14N2O3S. The summed E-state index contributed by atoms with van der Waals surface area (Å²) >= 11 is 0. The van der Waals surface area contributed by atoms with Gasteiger partial charge in [-0.3, -0.25) is 0 Å². The van der Waals surface area contributed by atoms with Gasteiger partial charge < -0.3 is 10.5 Å². The molecule has 0 aliphatic carbocycles. The van der Waals surface area contributed by atoms with Crippen molar-refractivity contribution in [2.24, 2.45) is 0 Å². The van der Waals surface area contributed by atoms with Gasteiger partial charge in [-0.25, -0.2) is 13.4 Å².